The van der Waals surface area contributed by atoms with Crippen molar-refractivity contribution in [1.29, 1.82) is 0 Å². The fourth-order valence-corrected chi connectivity index (χ4v) is 1.82. The maximum Gasteiger partial charge on any atom is 0.123 e. The molecule has 0 unspecified atom stereocenters. The number of hydrogen-bond acceptors (Lipinski definition) is 1. The first-order chi connectivity index (χ1) is 8.28. The van der Waals surface area contributed by atoms with Crippen LogP contribution in [0.4, 0.5) is 4.39 Å². The monoisotopic (exact) mass is 229 g/mol. The molecule has 0 aromatic heterocycles. The van der Waals surface area contributed by atoms with Gasteiger partial charge in [0.05, 0.1) is 0 Å². The lowest BCUT2D eigenvalue weighted by Gasteiger charge is -2.04. The second-order valence-corrected chi connectivity index (χ2v) is 4.15. The summed E-state index contributed by atoms with van der Waals surface area (Å²) in [5.41, 5.74) is 3.65. The quantitative estimate of drug-likeness (QED) is 0.849. The van der Waals surface area contributed by atoms with Crippen molar-refractivity contribution < 1.29 is 4.39 Å². The van der Waals surface area contributed by atoms with Crippen LogP contribution in [0.1, 0.15) is 16.7 Å². The molecule has 0 atom stereocenters. The van der Waals surface area contributed by atoms with Crippen LogP contribution < -0.4 is 5.32 Å². The third-order valence-electron chi connectivity index (χ3n) is 2.73. The van der Waals surface area contributed by atoms with Gasteiger partial charge in [-0.3, -0.25) is 0 Å². The van der Waals surface area contributed by atoms with Crippen LogP contribution >= 0.6 is 0 Å². The van der Waals surface area contributed by atoms with E-state index in [1.54, 1.807) is 0 Å². The van der Waals surface area contributed by atoms with Gasteiger partial charge in [-0.1, -0.05) is 36.4 Å². The van der Waals surface area contributed by atoms with Crippen molar-refractivity contribution in [3.63, 3.8) is 0 Å². The van der Waals surface area contributed by atoms with Crippen LogP contribution in [0.3, 0.4) is 0 Å². The summed E-state index contributed by atoms with van der Waals surface area (Å²) in [6.07, 6.45) is 0.847. The van der Waals surface area contributed by atoms with E-state index in [9.17, 15) is 4.39 Å². The van der Waals surface area contributed by atoms with Crippen LogP contribution in [-0.4, -0.2) is 7.05 Å². The highest BCUT2D eigenvalue weighted by atomic mass is 19.1. The van der Waals surface area contributed by atoms with Crippen LogP contribution in [0.5, 0.6) is 0 Å². The lowest BCUT2D eigenvalue weighted by molar-refractivity contribution is 0.627. The molecule has 2 heteroatoms. The Kier molecular flexibility index (Phi) is 3.89. The molecule has 0 bridgehead atoms. The highest BCUT2D eigenvalue weighted by Gasteiger charge is 1.97. The van der Waals surface area contributed by atoms with Gasteiger partial charge in [-0.15, -0.1) is 0 Å². The van der Waals surface area contributed by atoms with E-state index < -0.39 is 0 Å². The molecule has 0 aliphatic heterocycles. The molecule has 88 valence electrons. The third-order valence-corrected chi connectivity index (χ3v) is 2.73. The molecule has 0 aliphatic carbocycles. The van der Waals surface area contributed by atoms with E-state index in [2.05, 4.69) is 29.6 Å². The molecule has 0 heterocycles. The minimum absolute atomic E-state index is 0.182. The number of hydrogen-bond donors (Lipinski definition) is 1. The summed E-state index contributed by atoms with van der Waals surface area (Å²) in [5, 5.41) is 3.12. The molecule has 17 heavy (non-hydrogen) atoms. The van der Waals surface area contributed by atoms with E-state index in [4.69, 9.17) is 0 Å². The van der Waals surface area contributed by atoms with Crippen molar-refractivity contribution in [3.8, 4) is 0 Å². The Morgan fingerprint density at radius 2 is 1.29 bits per heavy atom. The normalized spacial score (nSPS) is 10.5. The standard InChI is InChI=1S/C15H16FN/c1-17-11-14-4-2-12(3-5-14)10-13-6-8-15(16)9-7-13/h2-9,17H,10-11H2,1H3. The van der Waals surface area contributed by atoms with Crippen molar-refractivity contribution in [3.05, 3.63) is 71.0 Å². The molecule has 0 aliphatic rings. The fourth-order valence-electron chi connectivity index (χ4n) is 1.82. The van der Waals surface area contributed by atoms with E-state index >= 15 is 0 Å². The molecule has 0 fully saturated rings. The Morgan fingerprint density at radius 1 is 0.824 bits per heavy atom. The van der Waals surface area contributed by atoms with Gasteiger partial charge in [0.15, 0.2) is 0 Å². The second-order valence-electron chi connectivity index (χ2n) is 4.15. The largest absolute Gasteiger partial charge is 0.316 e. The zero-order valence-electron chi connectivity index (χ0n) is 9.91. The second kappa shape index (κ2) is 5.60. The van der Waals surface area contributed by atoms with E-state index in [0.29, 0.717) is 0 Å². The van der Waals surface area contributed by atoms with Gasteiger partial charge >= 0.3 is 0 Å². The summed E-state index contributed by atoms with van der Waals surface area (Å²) in [6, 6.07) is 15.2. The Bertz CT molecular complexity index is 459. The Labute approximate surface area is 101 Å². The molecule has 0 saturated heterocycles. The minimum Gasteiger partial charge on any atom is -0.316 e. The van der Waals surface area contributed by atoms with Crippen LogP contribution in [-0.2, 0) is 13.0 Å². The highest BCUT2D eigenvalue weighted by Crippen LogP contribution is 2.11. The molecule has 2 aromatic carbocycles. The van der Waals surface area contributed by atoms with Crippen molar-refractivity contribution in [1.82, 2.24) is 5.32 Å². The predicted octanol–water partition coefficient (Wildman–Crippen LogP) is 3.14. The third kappa shape index (κ3) is 3.40. The average Bonchev–Trinajstić information content (AvgIpc) is 2.35. The van der Waals surface area contributed by atoms with Crippen LogP contribution in [0.25, 0.3) is 0 Å². The first-order valence-corrected chi connectivity index (χ1v) is 5.75. The summed E-state index contributed by atoms with van der Waals surface area (Å²) in [7, 11) is 1.94. The summed E-state index contributed by atoms with van der Waals surface area (Å²) in [6.45, 7) is 0.886. The van der Waals surface area contributed by atoms with Crippen molar-refractivity contribution in [2.45, 2.75) is 13.0 Å². The van der Waals surface area contributed by atoms with Gasteiger partial charge in [0.25, 0.3) is 0 Å². The Balaban J connectivity index is 2.05. The number of benzene rings is 2. The molecule has 2 rings (SSSR count). The van der Waals surface area contributed by atoms with Crippen LogP contribution in [0.15, 0.2) is 48.5 Å². The lowest BCUT2D eigenvalue weighted by atomic mass is 10.0. The lowest BCUT2D eigenvalue weighted by Crippen LogP contribution is -2.04. The number of nitrogens with one attached hydrogen (secondary N) is 1. The van der Waals surface area contributed by atoms with E-state index in [1.165, 1.54) is 23.3 Å². The van der Waals surface area contributed by atoms with E-state index in [0.717, 1.165) is 18.5 Å². The van der Waals surface area contributed by atoms with Crippen LogP contribution in [0, 0.1) is 5.82 Å². The molecule has 0 spiro atoms. The highest BCUT2D eigenvalue weighted by molar-refractivity contribution is 5.28. The summed E-state index contributed by atoms with van der Waals surface area (Å²) >= 11 is 0. The van der Waals surface area contributed by atoms with E-state index in [-0.39, 0.29) is 5.82 Å². The maximum absolute atomic E-state index is 12.8. The topological polar surface area (TPSA) is 12.0 Å². The molecule has 1 N–H and O–H groups in total. The van der Waals surface area contributed by atoms with Crippen molar-refractivity contribution in [2.75, 3.05) is 7.05 Å². The fraction of sp³-hybridized carbons (Fsp3) is 0.200. The minimum atomic E-state index is -0.182. The average molecular weight is 229 g/mol. The molecule has 0 amide bonds. The van der Waals surface area contributed by atoms with Crippen LogP contribution in [0.2, 0.25) is 0 Å². The van der Waals surface area contributed by atoms with Gasteiger partial charge in [0, 0.05) is 6.54 Å². The predicted molar refractivity (Wildman–Crippen MR) is 68.4 cm³/mol. The van der Waals surface area contributed by atoms with E-state index in [1.807, 2.05) is 19.2 Å². The van der Waals surface area contributed by atoms with Gasteiger partial charge in [-0.25, -0.2) is 4.39 Å². The zero-order valence-corrected chi connectivity index (χ0v) is 9.91. The van der Waals surface area contributed by atoms with Crippen molar-refractivity contribution in [2.24, 2.45) is 0 Å². The van der Waals surface area contributed by atoms with Gasteiger partial charge in [0.2, 0.25) is 0 Å². The maximum atomic E-state index is 12.8. The molecule has 0 saturated carbocycles. The van der Waals surface area contributed by atoms with Gasteiger partial charge < -0.3 is 5.32 Å². The Morgan fingerprint density at radius 3 is 1.82 bits per heavy atom. The number of halogens is 1. The summed E-state index contributed by atoms with van der Waals surface area (Å²) < 4.78 is 12.8. The summed E-state index contributed by atoms with van der Waals surface area (Å²) in [5.74, 6) is -0.182. The molecular formula is C15H16FN. The zero-order chi connectivity index (χ0) is 12.1. The molecule has 0 radical (unpaired) electrons. The number of rotatable bonds is 4. The van der Waals surface area contributed by atoms with Crippen molar-refractivity contribution >= 4 is 0 Å². The van der Waals surface area contributed by atoms with Gasteiger partial charge in [-0.2, -0.15) is 0 Å². The Hall–Kier alpha value is -1.67. The first-order valence-electron chi connectivity index (χ1n) is 5.75. The molecule has 1 nitrogen and oxygen atoms in total. The first kappa shape index (κ1) is 11.8. The SMILES string of the molecule is CNCc1ccc(Cc2ccc(F)cc2)cc1. The molecule has 2 aromatic rings. The summed E-state index contributed by atoms with van der Waals surface area (Å²) in [4.78, 5) is 0. The smallest absolute Gasteiger partial charge is 0.123 e. The van der Waals surface area contributed by atoms with Gasteiger partial charge in [0.1, 0.15) is 5.82 Å². The molecular weight excluding hydrogens is 213 g/mol. The van der Waals surface area contributed by atoms with Gasteiger partial charge in [-0.05, 0) is 42.3 Å².